The summed E-state index contributed by atoms with van der Waals surface area (Å²) in [6.07, 6.45) is 0.348. The fourth-order valence-electron chi connectivity index (χ4n) is 2.25. The molecule has 0 aliphatic heterocycles. The van der Waals surface area contributed by atoms with Gasteiger partial charge in [-0.3, -0.25) is 0 Å². The van der Waals surface area contributed by atoms with E-state index in [0.29, 0.717) is 6.61 Å². The first-order valence-corrected chi connectivity index (χ1v) is 6.49. The van der Waals surface area contributed by atoms with E-state index < -0.39 is 0 Å². The molecule has 102 valence electrons. The summed E-state index contributed by atoms with van der Waals surface area (Å²) in [4.78, 5) is 0. The molecule has 1 rings (SSSR count). The Hall–Kier alpha value is -0.900. The van der Waals surface area contributed by atoms with Crippen LogP contribution >= 0.6 is 0 Å². The summed E-state index contributed by atoms with van der Waals surface area (Å²) in [5.41, 5.74) is 5.33. The van der Waals surface area contributed by atoms with E-state index in [0.717, 1.165) is 19.5 Å². The van der Waals surface area contributed by atoms with Crippen LogP contribution in [-0.2, 0) is 11.3 Å². The van der Waals surface area contributed by atoms with Crippen molar-refractivity contribution in [2.24, 2.45) is 0 Å². The topological polar surface area (TPSA) is 41.5 Å². The molecular formula is C15H25NO2. The van der Waals surface area contributed by atoms with Crippen LogP contribution in [0, 0.1) is 20.8 Å². The quantitative estimate of drug-likeness (QED) is 0.729. The normalized spacial score (nSPS) is 12.7. The van der Waals surface area contributed by atoms with E-state index in [1.165, 1.54) is 22.3 Å². The first kappa shape index (κ1) is 15.2. The second kappa shape index (κ2) is 7.52. The Balaban J connectivity index is 2.40. The maximum Gasteiger partial charge on any atom is 0.0785 e. The van der Waals surface area contributed by atoms with Crippen molar-refractivity contribution < 1.29 is 9.84 Å². The Morgan fingerprint density at radius 3 is 2.39 bits per heavy atom. The van der Waals surface area contributed by atoms with Crippen molar-refractivity contribution in [2.45, 2.75) is 39.8 Å². The Bertz CT molecular complexity index is 354. The van der Waals surface area contributed by atoms with E-state index in [4.69, 9.17) is 4.74 Å². The third-order valence-corrected chi connectivity index (χ3v) is 3.16. The van der Waals surface area contributed by atoms with Gasteiger partial charge in [-0.1, -0.05) is 17.7 Å². The largest absolute Gasteiger partial charge is 0.391 e. The van der Waals surface area contributed by atoms with Gasteiger partial charge in [-0.2, -0.15) is 0 Å². The maximum absolute atomic E-state index is 9.53. The zero-order chi connectivity index (χ0) is 13.5. The maximum atomic E-state index is 9.53. The molecule has 0 radical (unpaired) electrons. The lowest BCUT2D eigenvalue weighted by atomic mass is 10.00. The highest BCUT2D eigenvalue weighted by Gasteiger charge is 2.05. The first-order valence-electron chi connectivity index (χ1n) is 6.49. The molecule has 1 aromatic carbocycles. The summed E-state index contributed by atoms with van der Waals surface area (Å²) in [5.74, 6) is 0. The molecule has 0 aromatic heterocycles. The number of hydrogen-bond donors (Lipinski definition) is 2. The van der Waals surface area contributed by atoms with E-state index in [9.17, 15) is 5.11 Å². The number of rotatable bonds is 7. The molecule has 0 spiro atoms. The van der Waals surface area contributed by atoms with Crippen LogP contribution in [0.4, 0.5) is 0 Å². The number of hydrogen-bond acceptors (Lipinski definition) is 3. The van der Waals surface area contributed by atoms with Gasteiger partial charge in [0.05, 0.1) is 12.7 Å². The third kappa shape index (κ3) is 4.77. The van der Waals surface area contributed by atoms with Gasteiger partial charge in [0, 0.05) is 13.7 Å². The number of aliphatic hydroxyl groups excluding tert-OH is 1. The highest BCUT2D eigenvalue weighted by molar-refractivity contribution is 5.37. The third-order valence-electron chi connectivity index (χ3n) is 3.16. The Labute approximate surface area is 110 Å². The lowest BCUT2D eigenvalue weighted by Gasteiger charge is -2.13. The summed E-state index contributed by atoms with van der Waals surface area (Å²) < 4.78 is 4.89. The molecule has 3 heteroatoms. The second-order valence-corrected chi connectivity index (χ2v) is 4.95. The summed E-state index contributed by atoms with van der Waals surface area (Å²) in [6, 6.07) is 4.42. The van der Waals surface area contributed by atoms with E-state index in [1.54, 1.807) is 7.11 Å². The SMILES string of the molecule is COCC(O)CCNCc1c(C)cc(C)cc1C. The number of methoxy groups -OCH3 is 1. The summed E-state index contributed by atoms with van der Waals surface area (Å²) >= 11 is 0. The van der Waals surface area contributed by atoms with Gasteiger partial charge in [0.15, 0.2) is 0 Å². The molecular weight excluding hydrogens is 226 g/mol. The molecule has 0 heterocycles. The van der Waals surface area contributed by atoms with Gasteiger partial charge in [-0.05, 0) is 50.4 Å². The molecule has 1 aromatic rings. The molecule has 0 aliphatic carbocycles. The van der Waals surface area contributed by atoms with Gasteiger partial charge in [-0.25, -0.2) is 0 Å². The minimum atomic E-state index is -0.372. The van der Waals surface area contributed by atoms with Crippen molar-refractivity contribution in [1.29, 1.82) is 0 Å². The number of aliphatic hydroxyl groups is 1. The van der Waals surface area contributed by atoms with Crippen LogP contribution < -0.4 is 5.32 Å². The van der Waals surface area contributed by atoms with Crippen LogP contribution in [0.1, 0.15) is 28.7 Å². The van der Waals surface area contributed by atoms with Crippen LogP contribution in [0.3, 0.4) is 0 Å². The van der Waals surface area contributed by atoms with Crippen molar-refractivity contribution in [3.05, 3.63) is 34.4 Å². The lowest BCUT2D eigenvalue weighted by Crippen LogP contribution is -2.23. The van der Waals surface area contributed by atoms with Gasteiger partial charge in [0.25, 0.3) is 0 Å². The van der Waals surface area contributed by atoms with Gasteiger partial charge in [0.1, 0.15) is 0 Å². The smallest absolute Gasteiger partial charge is 0.0785 e. The molecule has 0 saturated carbocycles. The monoisotopic (exact) mass is 251 g/mol. The Morgan fingerprint density at radius 2 is 1.83 bits per heavy atom. The van der Waals surface area contributed by atoms with Gasteiger partial charge < -0.3 is 15.2 Å². The van der Waals surface area contributed by atoms with E-state index in [2.05, 4.69) is 38.2 Å². The molecule has 0 aliphatic rings. The molecule has 1 atom stereocenters. The number of aryl methyl sites for hydroxylation is 3. The molecule has 18 heavy (non-hydrogen) atoms. The van der Waals surface area contributed by atoms with E-state index in [-0.39, 0.29) is 6.10 Å². The van der Waals surface area contributed by atoms with E-state index >= 15 is 0 Å². The number of ether oxygens (including phenoxy) is 1. The average molecular weight is 251 g/mol. The molecule has 0 fully saturated rings. The van der Waals surface area contributed by atoms with Crippen molar-refractivity contribution in [2.75, 3.05) is 20.3 Å². The van der Waals surface area contributed by atoms with Gasteiger partial charge >= 0.3 is 0 Å². The number of nitrogens with one attached hydrogen (secondary N) is 1. The molecule has 1 unspecified atom stereocenters. The van der Waals surface area contributed by atoms with Gasteiger partial charge in [0.2, 0.25) is 0 Å². The summed E-state index contributed by atoms with van der Waals surface area (Å²) in [5, 5.41) is 12.9. The first-order chi connectivity index (χ1) is 8.54. The predicted molar refractivity (Wildman–Crippen MR) is 74.9 cm³/mol. The minimum Gasteiger partial charge on any atom is -0.391 e. The average Bonchev–Trinajstić information content (AvgIpc) is 2.27. The highest BCUT2D eigenvalue weighted by Crippen LogP contribution is 2.15. The van der Waals surface area contributed by atoms with Crippen LogP contribution in [-0.4, -0.2) is 31.5 Å². The minimum absolute atomic E-state index is 0.372. The van der Waals surface area contributed by atoms with Crippen LogP contribution in [0.5, 0.6) is 0 Å². The standard InChI is InChI=1S/C15H25NO2/c1-11-7-12(2)15(13(3)8-11)9-16-6-5-14(17)10-18-4/h7-8,14,16-17H,5-6,9-10H2,1-4H3. The zero-order valence-electron chi connectivity index (χ0n) is 11.9. The molecule has 3 nitrogen and oxygen atoms in total. The van der Waals surface area contributed by atoms with Crippen molar-refractivity contribution >= 4 is 0 Å². The summed E-state index contributed by atoms with van der Waals surface area (Å²) in [7, 11) is 1.61. The van der Waals surface area contributed by atoms with Gasteiger partial charge in [-0.15, -0.1) is 0 Å². The Kier molecular flexibility index (Phi) is 6.33. The van der Waals surface area contributed by atoms with Crippen molar-refractivity contribution in [3.63, 3.8) is 0 Å². The number of benzene rings is 1. The van der Waals surface area contributed by atoms with Crippen molar-refractivity contribution in [1.82, 2.24) is 5.32 Å². The fourth-order valence-corrected chi connectivity index (χ4v) is 2.25. The zero-order valence-corrected chi connectivity index (χ0v) is 11.9. The lowest BCUT2D eigenvalue weighted by molar-refractivity contribution is 0.0594. The van der Waals surface area contributed by atoms with Crippen LogP contribution in [0.25, 0.3) is 0 Å². The molecule has 0 saturated heterocycles. The highest BCUT2D eigenvalue weighted by atomic mass is 16.5. The van der Waals surface area contributed by atoms with E-state index in [1.807, 2.05) is 0 Å². The van der Waals surface area contributed by atoms with Crippen LogP contribution in [0.15, 0.2) is 12.1 Å². The second-order valence-electron chi connectivity index (χ2n) is 4.95. The van der Waals surface area contributed by atoms with Crippen LogP contribution in [0.2, 0.25) is 0 Å². The predicted octanol–water partition coefficient (Wildman–Crippen LogP) is 2.10. The van der Waals surface area contributed by atoms with Crippen molar-refractivity contribution in [3.8, 4) is 0 Å². The molecule has 0 bridgehead atoms. The Morgan fingerprint density at radius 1 is 1.22 bits per heavy atom. The molecule has 0 amide bonds. The fraction of sp³-hybridized carbons (Fsp3) is 0.600. The summed E-state index contributed by atoms with van der Waals surface area (Å²) in [6.45, 7) is 8.49. The molecule has 2 N–H and O–H groups in total.